The summed E-state index contributed by atoms with van der Waals surface area (Å²) in [4.78, 5) is 2.73. The van der Waals surface area contributed by atoms with Gasteiger partial charge in [-0.15, -0.1) is 0 Å². The van der Waals surface area contributed by atoms with E-state index in [1.807, 2.05) is 0 Å². The van der Waals surface area contributed by atoms with Gasteiger partial charge in [0.05, 0.1) is 0 Å². The topological polar surface area (TPSA) is 15.3 Å². The molecule has 1 N–H and O–H groups in total. The summed E-state index contributed by atoms with van der Waals surface area (Å²) in [5.41, 5.74) is 0. The fraction of sp³-hybridized carbons (Fsp3) is 1.00. The molecule has 2 nitrogen and oxygen atoms in total. The van der Waals surface area contributed by atoms with E-state index in [9.17, 15) is 0 Å². The predicted octanol–water partition coefficient (Wildman–Crippen LogP) is 2.64. The van der Waals surface area contributed by atoms with Crippen LogP contribution in [0.25, 0.3) is 0 Å². The lowest BCUT2D eigenvalue weighted by Crippen LogP contribution is -2.51. The molecule has 2 heteroatoms. The summed E-state index contributed by atoms with van der Waals surface area (Å²) in [6.07, 6.45) is 10.1. The highest BCUT2D eigenvalue weighted by Gasteiger charge is 2.31. The molecule has 3 aliphatic rings. The second-order valence-electron chi connectivity index (χ2n) is 6.85. The van der Waals surface area contributed by atoms with Gasteiger partial charge in [0, 0.05) is 31.7 Å². The van der Waals surface area contributed by atoms with Crippen molar-refractivity contribution in [3.63, 3.8) is 0 Å². The van der Waals surface area contributed by atoms with E-state index in [-0.39, 0.29) is 0 Å². The Kier molecular flexibility index (Phi) is 3.72. The second-order valence-corrected chi connectivity index (χ2v) is 6.85. The SMILES string of the molecule is CC1CC(NC2CCCC2)CN(CC2CC2)C1. The lowest BCUT2D eigenvalue weighted by molar-refractivity contribution is 0.138. The van der Waals surface area contributed by atoms with Crippen LogP contribution in [0.4, 0.5) is 0 Å². The number of nitrogens with one attached hydrogen (secondary N) is 1. The molecule has 1 heterocycles. The Labute approximate surface area is 106 Å². The number of hydrogen-bond donors (Lipinski definition) is 1. The molecule has 0 spiro atoms. The van der Waals surface area contributed by atoms with Crippen molar-refractivity contribution in [1.29, 1.82) is 0 Å². The van der Waals surface area contributed by atoms with Crippen molar-refractivity contribution in [1.82, 2.24) is 10.2 Å². The number of nitrogens with zero attached hydrogens (tertiary/aromatic N) is 1. The Bertz CT molecular complexity index is 241. The monoisotopic (exact) mass is 236 g/mol. The third-order valence-corrected chi connectivity index (χ3v) is 4.78. The maximum Gasteiger partial charge on any atom is 0.0200 e. The van der Waals surface area contributed by atoms with Crippen molar-refractivity contribution >= 4 is 0 Å². The second kappa shape index (κ2) is 5.27. The minimum absolute atomic E-state index is 0.778. The summed E-state index contributed by atoms with van der Waals surface area (Å²) in [6, 6.07) is 1.62. The molecule has 98 valence electrons. The lowest BCUT2D eigenvalue weighted by atomic mass is 9.95. The normalized spacial score (nSPS) is 36.5. The summed E-state index contributed by atoms with van der Waals surface area (Å²) < 4.78 is 0. The third kappa shape index (κ3) is 3.45. The molecular formula is C15H28N2. The average molecular weight is 236 g/mol. The van der Waals surface area contributed by atoms with Crippen LogP contribution < -0.4 is 5.32 Å². The standard InChI is InChI=1S/C15H28N2/c1-12-8-15(16-14-4-2-3-5-14)11-17(9-12)10-13-6-7-13/h12-16H,2-11H2,1H3. The maximum absolute atomic E-state index is 3.93. The molecule has 0 bridgehead atoms. The van der Waals surface area contributed by atoms with Crippen LogP contribution in [-0.2, 0) is 0 Å². The lowest BCUT2D eigenvalue weighted by Gasteiger charge is -2.38. The van der Waals surface area contributed by atoms with Gasteiger partial charge in [-0.1, -0.05) is 19.8 Å². The molecule has 2 unspecified atom stereocenters. The van der Waals surface area contributed by atoms with E-state index in [4.69, 9.17) is 0 Å². The highest BCUT2D eigenvalue weighted by Crippen LogP contribution is 2.31. The predicted molar refractivity (Wildman–Crippen MR) is 72.1 cm³/mol. The molecule has 1 aliphatic heterocycles. The first kappa shape index (κ1) is 12.0. The Morgan fingerprint density at radius 3 is 2.47 bits per heavy atom. The van der Waals surface area contributed by atoms with Gasteiger partial charge in [0.2, 0.25) is 0 Å². The molecule has 3 fully saturated rings. The van der Waals surface area contributed by atoms with Gasteiger partial charge < -0.3 is 10.2 Å². The zero-order valence-electron chi connectivity index (χ0n) is 11.3. The summed E-state index contributed by atoms with van der Waals surface area (Å²) in [7, 11) is 0. The van der Waals surface area contributed by atoms with Crippen molar-refractivity contribution in [2.45, 2.75) is 64.0 Å². The van der Waals surface area contributed by atoms with Crippen LogP contribution in [-0.4, -0.2) is 36.6 Å². The van der Waals surface area contributed by atoms with E-state index < -0.39 is 0 Å². The van der Waals surface area contributed by atoms with E-state index >= 15 is 0 Å². The van der Waals surface area contributed by atoms with Crippen molar-refractivity contribution < 1.29 is 0 Å². The van der Waals surface area contributed by atoms with Crippen molar-refractivity contribution in [2.24, 2.45) is 11.8 Å². The van der Waals surface area contributed by atoms with E-state index in [1.165, 1.54) is 64.6 Å². The molecule has 3 rings (SSSR count). The summed E-state index contributed by atoms with van der Waals surface area (Å²) >= 11 is 0. The molecule has 0 amide bonds. The average Bonchev–Trinajstić information content (AvgIpc) is 2.92. The van der Waals surface area contributed by atoms with E-state index in [2.05, 4.69) is 17.1 Å². The zero-order valence-corrected chi connectivity index (χ0v) is 11.3. The smallest absolute Gasteiger partial charge is 0.0200 e. The van der Waals surface area contributed by atoms with Crippen molar-refractivity contribution in [3.8, 4) is 0 Å². The van der Waals surface area contributed by atoms with Crippen molar-refractivity contribution in [2.75, 3.05) is 19.6 Å². The Morgan fingerprint density at radius 1 is 1.00 bits per heavy atom. The van der Waals surface area contributed by atoms with Gasteiger partial charge in [-0.05, 0) is 43.9 Å². The molecule has 2 saturated carbocycles. The highest BCUT2D eigenvalue weighted by atomic mass is 15.2. The molecule has 1 saturated heterocycles. The van der Waals surface area contributed by atoms with Crippen molar-refractivity contribution in [3.05, 3.63) is 0 Å². The van der Waals surface area contributed by atoms with Gasteiger partial charge in [-0.3, -0.25) is 0 Å². The zero-order chi connectivity index (χ0) is 11.7. The highest BCUT2D eigenvalue weighted by molar-refractivity contribution is 4.88. The largest absolute Gasteiger partial charge is 0.310 e. The van der Waals surface area contributed by atoms with Crippen LogP contribution in [0.5, 0.6) is 0 Å². The number of likely N-dealkylation sites (tertiary alicyclic amines) is 1. The summed E-state index contributed by atoms with van der Waals surface area (Å²) in [5, 5.41) is 3.93. The minimum Gasteiger partial charge on any atom is -0.310 e. The molecule has 17 heavy (non-hydrogen) atoms. The number of piperidine rings is 1. The fourth-order valence-electron chi connectivity index (χ4n) is 3.82. The van der Waals surface area contributed by atoms with E-state index in [0.717, 1.165) is 23.9 Å². The Morgan fingerprint density at radius 2 is 1.76 bits per heavy atom. The number of hydrogen-bond acceptors (Lipinski definition) is 2. The van der Waals surface area contributed by atoms with Gasteiger partial charge in [0.25, 0.3) is 0 Å². The Balaban J connectivity index is 1.48. The Hall–Kier alpha value is -0.0800. The van der Waals surface area contributed by atoms with Gasteiger partial charge in [-0.2, -0.15) is 0 Å². The first-order chi connectivity index (χ1) is 8.29. The van der Waals surface area contributed by atoms with Crippen LogP contribution >= 0.6 is 0 Å². The van der Waals surface area contributed by atoms with Crippen LogP contribution in [0.1, 0.15) is 51.9 Å². The number of rotatable bonds is 4. The quantitative estimate of drug-likeness (QED) is 0.807. The molecule has 0 aromatic carbocycles. The van der Waals surface area contributed by atoms with Gasteiger partial charge >= 0.3 is 0 Å². The van der Waals surface area contributed by atoms with Crippen LogP contribution in [0.3, 0.4) is 0 Å². The first-order valence-electron chi connectivity index (χ1n) is 7.78. The maximum atomic E-state index is 3.93. The van der Waals surface area contributed by atoms with E-state index in [0.29, 0.717) is 0 Å². The molecule has 0 aromatic rings. The summed E-state index contributed by atoms with van der Waals surface area (Å²) in [6.45, 7) is 6.48. The van der Waals surface area contributed by atoms with Gasteiger partial charge in [0.1, 0.15) is 0 Å². The molecule has 0 radical (unpaired) electrons. The molecule has 2 atom stereocenters. The van der Waals surface area contributed by atoms with Crippen LogP contribution in [0, 0.1) is 11.8 Å². The molecule has 0 aromatic heterocycles. The van der Waals surface area contributed by atoms with Gasteiger partial charge in [-0.25, -0.2) is 0 Å². The van der Waals surface area contributed by atoms with Gasteiger partial charge in [0.15, 0.2) is 0 Å². The first-order valence-corrected chi connectivity index (χ1v) is 7.78. The van der Waals surface area contributed by atoms with Crippen LogP contribution in [0.15, 0.2) is 0 Å². The van der Waals surface area contributed by atoms with Crippen LogP contribution in [0.2, 0.25) is 0 Å². The minimum atomic E-state index is 0.778. The fourth-order valence-corrected chi connectivity index (χ4v) is 3.82. The summed E-state index contributed by atoms with van der Waals surface area (Å²) in [5.74, 6) is 1.94. The molecule has 2 aliphatic carbocycles. The van der Waals surface area contributed by atoms with E-state index in [1.54, 1.807) is 0 Å². The third-order valence-electron chi connectivity index (χ3n) is 4.78. The molecular weight excluding hydrogens is 208 g/mol.